The van der Waals surface area contributed by atoms with E-state index in [4.69, 9.17) is 9.72 Å². The molecule has 4 nitrogen and oxygen atoms in total. The van der Waals surface area contributed by atoms with E-state index < -0.39 is 0 Å². The minimum atomic E-state index is 0.176. The number of fused-ring (bicyclic) bond motifs is 2. The predicted molar refractivity (Wildman–Crippen MR) is 119 cm³/mol. The van der Waals surface area contributed by atoms with Gasteiger partial charge in [-0.2, -0.15) is 0 Å². The van der Waals surface area contributed by atoms with Crippen molar-refractivity contribution in [1.29, 1.82) is 0 Å². The van der Waals surface area contributed by atoms with Gasteiger partial charge in [-0.1, -0.05) is 19.9 Å². The highest BCUT2D eigenvalue weighted by Crippen LogP contribution is 2.44. The first-order valence-electron chi connectivity index (χ1n) is 9.82. The van der Waals surface area contributed by atoms with Gasteiger partial charge in [0.15, 0.2) is 0 Å². The molecule has 0 atom stereocenters. The Morgan fingerprint density at radius 1 is 1.07 bits per heavy atom. The van der Waals surface area contributed by atoms with Crippen LogP contribution in [-0.4, -0.2) is 27.2 Å². The second-order valence-corrected chi connectivity index (χ2v) is 9.16. The molecule has 29 heavy (non-hydrogen) atoms. The van der Waals surface area contributed by atoms with E-state index in [2.05, 4.69) is 53.6 Å². The fraction of sp³-hybridized carbons (Fsp3) is 0.250. The summed E-state index contributed by atoms with van der Waals surface area (Å²) in [6.45, 7) is 4.69. The summed E-state index contributed by atoms with van der Waals surface area (Å²) in [5.74, 6) is 2.72. The Kier molecular flexibility index (Phi) is 4.36. The molecule has 0 saturated carbocycles. The molecule has 0 N–H and O–H groups in total. The van der Waals surface area contributed by atoms with Gasteiger partial charge in [0.1, 0.15) is 5.75 Å². The Morgan fingerprint density at radius 2 is 1.86 bits per heavy atom. The van der Waals surface area contributed by atoms with Crippen molar-refractivity contribution in [2.45, 2.75) is 30.6 Å². The van der Waals surface area contributed by atoms with Gasteiger partial charge in [-0.25, -0.2) is 9.97 Å². The van der Waals surface area contributed by atoms with E-state index in [0.29, 0.717) is 5.78 Å². The van der Waals surface area contributed by atoms with E-state index in [9.17, 15) is 0 Å². The van der Waals surface area contributed by atoms with Gasteiger partial charge in [0.25, 0.3) is 0 Å². The Hall–Kier alpha value is -2.79. The number of methoxy groups -OCH3 is 1. The average molecular weight is 402 g/mol. The normalized spacial score (nSPS) is 15.3. The maximum absolute atomic E-state index is 5.32. The summed E-state index contributed by atoms with van der Waals surface area (Å²) in [4.78, 5) is 10.7. The highest BCUT2D eigenvalue weighted by atomic mass is 32.2. The topological polar surface area (TPSA) is 39.4 Å². The molecule has 0 radical (unpaired) electrons. The summed E-state index contributed by atoms with van der Waals surface area (Å²) < 4.78 is 7.41. The smallest absolute Gasteiger partial charge is 0.234 e. The second kappa shape index (κ2) is 6.92. The minimum absolute atomic E-state index is 0.176. The third-order valence-electron chi connectivity index (χ3n) is 5.73. The number of thioether (sulfide) groups is 1. The van der Waals surface area contributed by atoms with Crippen molar-refractivity contribution in [3.05, 3.63) is 66.5 Å². The van der Waals surface area contributed by atoms with Crippen LogP contribution in [0.4, 0.5) is 0 Å². The van der Waals surface area contributed by atoms with Crippen LogP contribution in [0.2, 0.25) is 0 Å². The molecule has 5 rings (SSSR count). The van der Waals surface area contributed by atoms with Crippen LogP contribution in [-0.2, 0) is 5.41 Å². The third-order valence-corrected chi connectivity index (χ3v) is 6.81. The Balaban J connectivity index is 1.74. The molecular formula is C24H23N3OS. The maximum Gasteiger partial charge on any atom is 0.234 e. The van der Waals surface area contributed by atoms with Gasteiger partial charge in [0.2, 0.25) is 5.78 Å². The van der Waals surface area contributed by atoms with Gasteiger partial charge >= 0.3 is 0 Å². The number of hydrogen-bond donors (Lipinski definition) is 0. The van der Waals surface area contributed by atoms with Crippen LogP contribution in [0.5, 0.6) is 5.75 Å². The van der Waals surface area contributed by atoms with E-state index in [1.165, 1.54) is 28.2 Å². The van der Waals surface area contributed by atoms with Crippen molar-refractivity contribution < 1.29 is 4.74 Å². The predicted octanol–water partition coefficient (Wildman–Crippen LogP) is 5.85. The molecule has 1 aliphatic heterocycles. The Bertz CT molecular complexity index is 1190. The number of rotatable bonds is 3. The molecule has 0 spiro atoms. The van der Waals surface area contributed by atoms with Crippen molar-refractivity contribution in [3.63, 3.8) is 0 Å². The third kappa shape index (κ3) is 3.10. The largest absolute Gasteiger partial charge is 0.497 e. The lowest BCUT2D eigenvalue weighted by molar-refractivity contribution is 0.415. The van der Waals surface area contributed by atoms with Gasteiger partial charge in [0.05, 0.1) is 18.5 Å². The first-order chi connectivity index (χ1) is 14.1. The number of benzene rings is 2. The van der Waals surface area contributed by atoms with Gasteiger partial charge in [-0.15, -0.1) is 11.8 Å². The Labute approximate surface area is 175 Å². The van der Waals surface area contributed by atoms with Crippen molar-refractivity contribution >= 4 is 17.5 Å². The number of imidazole rings is 1. The van der Waals surface area contributed by atoms with Crippen LogP contribution in [0.15, 0.2) is 65.8 Å². The number of hydrogen-bond acceptors (Lipinski definition) is 4. The fourth-order valence-corrected chi connectivity index (χ4v) is 5.48. The highest BCUT2D eigenvalue weighted by Gasteiger charge is 2.29. The lowest BCUT2D eigenvalue weighted by Crippen LogP contribution is -2.22. The van der Waals surface area contributed by atoms with Crippen LogP contribution in [0, 0.1) is 0 Å². The Morgan fingerprint density at radius 3 is 2.66 bits per heavy atom. The van der Waals surface area contributed by atoms with Crippen LogP contribution in [0.25, 0.3) is 28.3 Å². The van der Waals surface area contributed by atoms with Crippen molar-refractivity contribution in [2.24, 2.45) is 0 Å². The van der Waals surface area contributed by atoms with Gasteiger partial charge in [-0.05, 0) is 65.6 Å². The minimum Gasteiger partial charge on any atom is -0.497 e. The van der Waals surface area contributed by atoms with Crippen molar-refractivity contribution in [1.82, 2.24) is 14.4 Å². The molecule has 2 aromatic heterocycles. The molecule has 0 aliphatic carbocycles. The van der Waals surface area contributed by atoms with Gasteiger partial charge < -0.3 is 4.74 Å². The first kappa shape index (κ1) is 18.3. The quantitative estimate of drug-likeness (QED) is 0.432. The number of aromatic nitrogens is 3. The summed E-state index contributed by atoms with van der Waals surface area (Å²) in [7, 11) is 1.68. The van der Waals surface area contributed by atoms with Crippen LogP contribution >= 0.6 is 11.8 Å². The molecule has 4 aromatic rings. The lowest BCUT2D eigenvalue weighted by atomic mass is 9.81. The van der Waals surface area contributed by atoms with Gasteiger partial charge in [0, 0.05) is 28.4 Å². The molecule has 0 bridgehead atoms. The molecule has 5 heteroatoms. The summed E-state index contributed by atoms with van der Waals surface area (Å²) in [6.07, 6.45) is 5.02. The molecule has 0 fully saturated rings. The molecular weight excluding hydrogens is 378 g/mol. The zero-order valence-corrected chi connectivity index (χ0v) is 17.7. The summed E-state index contributed by atoms with van der Waals surface area (Å²) in [5.41, 5.74) is 5.84. The molecule has 1 aliphatic rings. The van der Waals surface area contributed by atoms with Crippen LogP contribution < -0.4 is 4.74 Å². The number of nitrogens with zero attached hydrogens (tertiary/aromatic N) is 3. The number of ether oxygens (including phenoxy) is 1. The second-order valence-electron chi connectivity index (χ2n) is 8.02. The highest BCUT2D eigenvalue weighted by molar-refractivity contribution is 7.99. The standard InChI is InChI=1S/C24H23N3OS/c1-24(2)11-14-29-20-10-7-17(15-19(20)24)22-21(16-5-8-18(28-3)9-6-16)26-23-25-12-4-13-27(22)23/h4-10,12-13,15H,11,14H2,1-3H3. The SMILES string of the molecule is COc1ccc(-c2nc3ncccn3c2-c2ccc3c(c2)C(C)(C)CCS3)cc1. The van der Waals surface area contributed by atoms with Gasteiger partial charge in [-0.3, -0.25) is 4.40 Å². The molecule has 2 aromatic carbocycles. The summed E-state index contributed by atoms with van der Waals surface area (Å²) in [6, 6.07) is 16.9. The van der Waals surface area contributed by atoms with E-state index in [1.54, 1.807) is 13.3 Å². The van der Waals surface area contributed by atoms with E-state index in [0.717, 1.165) is 22.7 Å². The average Bonchev–Trinajstić information content (AvgIpc) is 3.13. The maximum atomic E-state index is 5.32. The summed E-state index contributed by atoms with van der Waals surface area (Å²) >= 11 is 1.96. The molecule has 3 heterocycles. The zero-order valence-electron chi connectivity index (χ0n) is 16.8. The van der Waals surface area contributed by atoms with Crippen molar-refractivity contribution in [3.8, 4) is 28.3 Å². The summed E-state index contributed by atoms with van der Waals surface area (Å²) in [5, 5.41) is 0. The molecule has 146 valence electrons. The first-order valence-corrected chi connectivity index (χ1v) is 10.8. The lowest BCUT2D eigenvalue weighted by Gasteiger charge is -2.32. The van der Waals surface area contributed by atoms with E-state index in [-0.39, 0.29) is 5.41 Å². The monoisotopic (exact) mass is 401 g/mol. The van der Waals surface area contributed by atoms with E-state index >= 15 is 0 Å². The van der Waals surface area contributed by atoms with Crippen LogP contribution in [0.3, 0.4) is 0 Å². The molecule has 0 unspecified atom stereocenters. The molecule has 0 saturated heterocycles. The van der Waals surface area contributed by atoms with Crippen LogP contribution in [0.1, 0.15) is 25.8 Å². The molecule has 0 amide bonds. The fourth-order valence-electron chi connectivity index (χ4n) is 4.00. The van der Waals surface area contributed by atoms with Crippen molar-refractivity contribution in [2.75, 3.05) is 12.9 Å². The van der Waals surface area contributed by atoms with E-state index in [1.807, 2.05) is 36.2 Å². The zero-order chi connectivity index (χ0) is 20.0.